The third-order valence-corrected chi connectivity index (χ3v) is 5.88. The Bertz CT molecular complexity index is 570. The molecule has 5 heteroatoms. The largest absolute Gasteiger partial charge is 0.376 e. The molecule has 0 amide bonds. The minimum atomic E-state index is 0.166. The van der Waals surface area contributed by atoms with E-state index in [1.54, 1.807) is 0 Å². The maximum atomic E-state index is 6.10. The van der Waals surface area contributed by atoms with Crippen molar-refractivity contribution in [1.82, 2.24) is 10.6 Å². The molecule has 0 aromatic heterocycles. The number of rotatable bonds is 7. The van der Waals surface area contributed by atoms with Crippen LogP contribution < -0.4 is 10.6 Å². The van der Waals surface area contributed by atoms with Crippen LogP contribution in [0.5, 0.6) is 0 Å². The van der Waals surface area contributed by atoms with Gasteiger partial charge in [0.05, 0.1) is 18.8 Å². The summed E-state index contributed by atoms with van der Waals surface area (Å²) in [6.45, 7) is 3.24. The van der Waals surface area contributed by atoms with Crippen LogP contribution in [0.3, 0.4) is 0 Å². The van der Waals surface area contributed by atoms with Gasteiger partial charge in [0.2, 0.25) is 0 Å². The predicted octanol–water partition coefficient (Wildman–Crippen LogP) is 4.06. The summed E-state index contributed by atoms with van der Waals surface area (Å²) in [4.78, 5) is 4.37. The molecule has 0 spiro atoms. The van der Waals surface area contributed by atoms with E-state index in [1.807, 2.05) is 7.05 Å². The Morgan fingerprint density at radius 1 is 1.04 bits per heavy atom. The van der Waals surface area contributed by atoms with Gasteiger partial charge in [0.25, 0.3) is 0 Å². The van der Waals surface area contributed by atoms with E-state index < -0.39 is 0 Å². The van der Waals surface area contributed by atoms with E-state index in [9.17, 15) is 0 Å². The first-order valence-corrected chi connectivity index (χ1v) is 11.1. The molecular weight excluding hydrogens is 350 g/mol. The second-order valence-electron chi connectivity index (χ2n) is 7.97. The van der Waals surface area contributed by atoms with Gasteiger partial charge in [-0.1, -0.05) is 56.0 Å². The second-order valence-corrected chi connectivity index (χ2v) is 7.97. The maximum Gasteiger partial charge on any atom is 0.191 e. The van der Waals surface area contributed by atoms with Crippen molar-refractivity contribution >= 4 is 5.96 Å². The number of benzene rings is 1. The lowest BCUT2D eigenvalue weighted by Gasteiger charge is -2.32. The molecule has 0 bridgehead atoms. The summed E-state index contributed by atoms with van der Waals surface area (Å²) < 4.78 is 12.2. The van der Waals surface area contributed by atoms with Crippen LogP contribution in [-0.4, -0.2) is 45.4 Å². The highest BCUT2D eigenvalue weighted by atomic mass is 16.5. The molecule has 28 heavy (non-hydrogen) atoms. The van der Waals surface area contributed by atoms with Gasteiger partial charge in [0.1, 0.15) is 0 Å². The van der Waals surface area contributed by atoms with Crippen molar-refractivity contribution in [1.29, 1.82) is 0 Å². The molecule has 5 nitrogen and oxygen atoms in total. The highest BCUT2D eigenvalue weighted by molar-refractivity contribution is 5.79. The number of guanidine groups is 1. The molecule has 1 aliphatic heterocycles. The molecule has 2 aliphatic rings. The van der Waals surface area contributed by atoms with Gasteiger partial charge in [0, 0.05) is 32.7 Å². The van der Waals surface area contributed by atoms with Gasteiger partial charge in [-0.25, -0.2) is 0 Å². The van der Waals surface area contributed by atoms with E-state index in [2.05, 4.69) is 46.0 Å². The van der Waals surface area contributed by atoms with Crippen LogP contribution in [0, 0.1) is 5.92 Å². The average molecular weight is 388 g/mol. The number of ether oxygens (including phenoxy) is 2. The first-order chi connectivity index (χ1) is 13.9. The topological polar surface area (TPSA) is 54.9 Å². The number of nitrogens with one attached hydrogen (secondary N) is 2. The fraction of sp³-hybridized carbons (Fsp3) is 0.696. The minimum Gasteiger partial charge on any atom is -0.376 e. The van der Waals surface area contributed by atoms with Crippen LogP contribution in [0.2, 0.25) is 0 Å². The average Bonchev–Trinajstić information content (AvgIpc) is 3.03. The van der Waals surface area contributed by atoms with Crippen molar-refractivity contribution in [3.8, 4) is 0 Å². The van der Waals surface area contributed by atoms with Crippen molar-refractivity contribution in [2.24, 2.45) is 10.9 Å². The number of hydrogen-bond donors (Lipinski definition) is 2. The molecule has 156 valence electrons. The van der Waals surface area contributed by atoms with Crippen molar-refractivity contribution in [3.63, 3.8) is 0 Å². The van der Waals surface area contributed by atoms with Crippen molar-refractivity contribution < 1.29 is 9.47 Å². The fourth-order valence-electron chi connectivity index (χ4n) is 4.32. The van der Waals surface area contributed by atoms with Crippen LogP contribution in [0.25, 0.3) is 0 Å². The van der Waals surface area contributed by atoms with E-state index in [1.165, 1.54) is 50.5 Å². The summed E-state index contributed by atoms with van der Waals surface area (Å²) in [6.07, 6.45) is 10.7. The molecule has 2 fully saturated rings. The maximum absolute atomic E-state index is 6.10. The standard InChI is InChI=1S/C23H37N3O2/c1-24-23(25-15-17-27-21-13-7-2-3-8-14-21)26-18-20-12-9-16-28-22(20)19-10-5-4-6-11-19/h4-6,10-11,20-22H,2-3,7-9,12-18H2,1H3,(H2,24,25,26). The summed E-state index contributed by atoms with van der Waals surface area (Å²) in [5, 5.41) is 6.88. The molecule has 2 atom stereocenters. The van der Waals surface area contributed by atoms with Crippen molar-refractivity contribution in [2.75, 3.05) is 33.4 Å². The summed E-state index contributed by atoms with van der Waals surface area (Å²) >= 11 is 0. The third-order valence-electron chi connectivity index (χ3n) is 5.88. The zero-order chi connectivity index (χ0) is 19.4. The molecule has 1 aromatic rings. The normalized spacial score (nSPS) is 24.5. The first kappa shape index (κ1) is 21.1. The van der Waals surface area contributed by atoms with E-state index in [4.69, 9.17) is 9.47 Å². The molecule has 1 heterocycles. The molecule has 3 rings (SSSR count). The lowest BCUT2D eigenvalue weighted by atomic mass is 9.89. The monoisotopic (exact) mass is 387 g/mol. The highest BCUT2D eigenvalue weighted by Crippen LogP contribution is 2.33. The van der Waals surface area contributed by atoms with Crippen LogP contribution in [-0.2, 0) is 9.47 Å². The lowest BCUT2D eigenvalue weighted by molar-refractivity contribution is -0.0265. The Hall–Kier alpha value is -1.59. The molecule has 1 saturated carbocycles. The number of nitrogens with zero attached hydrogens (tertiary/aromatic N) is 1. The minimum absolute atomic E-state index is 0.166. The molecular formula is C23H37N3O2. The van der Waals surface area contributed by atoms with E-state index in [0.29, 0.717) is 12.0 Å². The summed E-state index contributed by atoms with van der Waals surface area (Å²) in [6, 6.07) is 10.6. The van der Waals surface area contributed by atoms with Crippen molar-refractivity contribution in [3.05, 3.63) is 35.9 Å². The zero-order valence-electron chi connectivity index (χ0n) is 17.4. The number of aliphatic imine (C=N–C) groups is 1. The summed E-state index contributed by atoms with van der Waals surface area (Å²) in [7, 11) is 1.83. The van der Waals surface area contributed by atoms with Gasteiger partial charge in [-0.05, 0) is 31.2 Å². The van der Waals surface area contributed by atoms with E-state index in [0.717, 1.165) is 38.7 Å². The van der Waals surface area contributed by atoms with E-state index >= 15 is 0 Å². The third kappa shape index (κ3) is 6.78. The fourth-order valence-corrected chi connectivity index (χ4v) is 4.32. The van der Waals surface area contributed by atoms with E-state index in [-0.39, 0.29) is 6.10 Å². The Morgan fingerprint density at radius 3 is 2.57 bits per heavy atom. The van der Waals surface area contributed by atoms with Crippen LogP contribution in [0.4, 0.5) is 0 Å². The van der Waals surface area contributed by atoms with Crippen molar-refractivity contribution in [2.45, 2.75) is 63.6 Å². The molecule has 1 aromatic carbocycles. The first-order valence-electron chi connectivity index (χ1n) is 11.1. The van der Waals surface area contributed by atoms with Crippen LogP contribution in [0.1, 0.15) is 63.0 Å². The van der Waals surface area contributed by atoms with Gasteiger partial charge < -0.3 is 20.1 Å². The quantitative estimate of drug-likeness (QED) is 0.321. The Balaban J connectivity index is 1.39. The SMILES string of the molecule is CN=C(NCCOC1CCCCCC1)NCC1CCCOC1c1ccccc1. The molecule has 1 aliphatic carbocycles. The van der Waals surface area contributed by atoms with Gasteiger partial charge in [0.15, 0.2) is 5.96 Å². The second kappa shape index (κ2) is 12.1. The predicted molar refractivity (Wildman–Crippen MR) is 115 cm³/mol. The van der Waals surface area contributed by atoms with Gasteiger partial charge in [-0.2, -0.15) is 0 Å². The Morgan fingerprint density at radius 2 is 1.82 bits per heavy atom. The zero-order valence-corrected chi connectivity index (χ0v) is 17.4. The summed E-state index contributed by atoms with van der Waals surface area (Å²) in [5.74, 6) is 1.30. The number of hydrogen-bond acceptors (Lipinski definition) is 3. The molecule has 1 saturated heterocycles. The molecule has 0 radical (unpaired) electrons. The molecule has 2 unspecified atom stereocenters. The Kier molecular flexibility index (Phi) is 9.11. The lowest BCUT2D eigenvalue weighted by Crippen LogP contribution is -2.43. The Labute approximate surface area is 170 Å². The van der Waals surface area contributed by atoms with Crippen LogP contribution >= 0.6 is 0 Å². The van der Waals surface area contributed by atoms with Gasteiger partial charge in [-0.3, -0.25) is 4.99 Å². The summed E-state index contributed by atoms with van der Waals surface area (Å²) in [5.41, 5.74) is 1.27. The smallest absolute Gasteiger partial charge is 0.191 e. The molecule has 2 N–H and O–H groups in total. The van der Waals surface area contributed by atoms with Gasteiger partial charge >= 0.3 is 0 Å². The van der Waals surface area contributed by atoms with Crippen LogP contribution in [0.15, 0.2) is 35.3 Å². The highest BCUT2D eigenvalue weighted by Gasteiger charge is 2.27. The van der Waals surface area contributed by atoms with Gasteiger partial charge in [-0.15, -0.1) is 0 Å².